The average molecular weight is 344 g/mol. The summed E-state index contributed by atoms with van der Waals surface area (Å²) >= 11 is 0. The van der Waals surface area contributed by atoms with Gasteiger partial charge in [0.1, 0.15) is 23.7 Å². The van der Waals surface area contributed by atoms with Crippen molar-refractivity contribution in [3.63, 3.8) is 0 Å². The van der Waals surface area contributed by atoms with E-state index in [4.69, 9.17) is 9.15 Å². The summed E-state index contributed by atoms with van der Waals surface area (Å²) in [7, 11) is 0. The van der Waals surface area contributed by atoms with Crippen molar-refractivity contribution in [2.75, 3.05) is 31.2 Å². The third-order valence-electron chi connectivity index (χ3n) is 4.22. The third-order valence-corrected chi connectivity index (χ3v) is 4.22. The van der Waals surface area contributed by atoms with Gasteiger partial charge in [0.2, 0.25) is 0 Å². The van der Waals surface area contributed by atoms with Gasteiger partial charge in [-0.2, -0.15) is 0 Å². The number of hydrogen-bond acceptors (Lipinski definition) is 6. The largest absolute Gasteiger partial charge is 0.465 e. The molecule has 1 fully saturated rings. The zero-order valence-corrected chi connectivity index (χ0v) is 14.9. The Morgan fingerprint density at radius 1 is 1.28 bits per heavy atom. The summed E-state index contributed by atoms with van der Waals surface area (Å²) in [6.07, 6.45) is 1.53. The molecular weight excluding hydrogens is 320 g/mol. The van der Waals surface area contributed by atoms with Crippen molar-refractivity contribution in [1.29, 1.82) is 0 Å². The number of morpholine rings is 1. The van der Waals surface area contributed by atoms with Crippen LogP contribution in [0.15, 0.2) is 22.9 Å². The molecule has 0 atom stereocenters. The van der Waals surface area contributed by atoms with E-state index < -0.39 is 0 Å². The Labute approximate surface area is 147 Å². The summed E-state index contributed by atoms with van der Waals surface area (Å²) in [6.45, 7) is 9.26. The summed E-state index contributed by atoms with van der Waals surface area (Å²) in [4.78, 5) is 23.1. The number of anilines is 1. The van der Waals surface area contributed by atoms with E-state index >= 15 is 0 Å². The third kappa shape index (κ3) is 4.17. The molecule has 7 nitrogen and oxygen atoms in total. The molecule has 2 aromatic rings. The number of carbonyl (C=O) groups excluding carboxylic acids is 1. The predicted molar refractivity (Wildman–Crippen MR) is 93.8 cm³/mol. The zero-order valence-electron chi connectivity index (χ0n) is 14.9. The molecule has 7 heteroatoms. The molecule has 0 saturated carbocycles. The van der Waals surface area contributed by atoms with Crippen LogP contribution in [0.1, 0.15) is 47.3 Å². The van der Waals surface area contributed by atoms with Crippen molar-refractivity contribution in [2.45, 2.75) is 33.2 Å². The normalized spacial score (nSPS) is 14.8. The van der Waals surface area contributed by atoms with E-state index in [-0.39, 0.29) is 11.8 Å². The molecule has 0 aliphatic carbocycles. The van der Waals surface area contributed by atoms with E-state index in [1.165, 1.54) is 6.33 Å². The van der Waals surface area contributed by atoms with Gasteiger partial charge < -0.3 is 19.4 Å². The van der Waals surface area contributed by atoms with Gasteiger partial charge in [-0.1, -0.05) is 13.8 Å². The van der Waals surface area contributed by atoms with Crippen molar-refractivity contribution in [2.24, 2.45) is 0 Å². The number of aromatic nitrogens is 2. The molecule has 1 aliphatic heterocycles. The minimum atomic E-state index is -0.153. The average Bonchev–Trinajstić information content (AvgIpc) is 3.03. The van der Waals surface area contributed by atoms with Crippen LogP contribution in [0.5, 0.6) is 0 Å². The van der Waals surface area contributed by atoms with Crippen molar-refractivity contribution in [3.8, 4) is 0 Å². The second-order valence-electron chi connectivity index (χ2n) is 6.42. The van der Waals surface area contributed by atoms with Gasteiger partial charge in [0.15, 0.2) is 0 Å². The number of furan rings is 1. The first-order valence-corrected chi connectivity index (χ1v) is 8.56. The van der Waals surface area contributed by atoms with Gasteiger partial charge in [-0.25, -0.2) is 9.97 Å². The summed E-state index contributed by atoms with van der Waals surface area (Å²) in [5.41, 5.74) is 1.35. The van der Waals surface area contributed by atoms with Crippen LogP contribution >= 0.6 is 0 Å². The van der Waals surface area contributed by atoms with Crippen LogP contribution in [-0.4, -0.2) is 42.2 Å². The Bertz CT molecular complexity index is 736. The van der Waals surface area contributed by atoms with E-state index in [1.807, 2.05) is 32.9 Å². The minimum Gasteiger partial charge on any atom is -0.465 e. The molecule has 0 bridgehead atoms. The number of nitrogens with one attached hydrogen (secondary N) is 1. The monoisotopic (exact) mass is 344 g/mol. The van der Waals surface area contributed by atoms with Gasteiger partial charge in [-0.3, -0.25) is 4.79 Å². The standard InChI is InChI=1S/C18H24N4O3/c1-12(2)16-9-15(13(3)25-16)18(23)19-10-14-8-17(21-11-20-14)22-4-6-24-7-5-22/h8-9,11-12H,4-7,10H2,1-3H3,(H,19,23). The zero-order chi connectivity index (χ0) is 17.8. The molecule has 0 unspecified atom stereocenters. The predicted octanol–water partition coefficient (Wildman–Crippen LogP) is 2.27. The first kappa shape index (κ1) is 17.4. The number of ether oxygens (including phenoxy) is 1. The Kier molecular flexibility index (Phi) is 5.33. The number of hydrogen-bond donors (Lipinski definition) is 1. The maximum atomic E-state index is 12.4. The fourth-order valence-corrected chi connectivity index (χ4v) is 2.73. The van der Waals surface area contributed by atoms with Crippen LogP contribution < -0.4 is 10.2 Å². The van der Waals surface area contributed by atoms with Crippen molar-refractivity contribution in [1.82, 2.24) is 15.3 Å². The molecule has 1 amide bonds. The number of amides is 1. The van der Waals surface area contributed by atoms with Crippen molar-refractivity contribution >= 4 is 11.7 Å². The Morgan fingerprint density at radius 3 is 2.72 bits per heavy atom. The number of rotatable bonds is 5. The van der Waals surface area contributed by atoms with E-state index in [0.717, 1.165) is 30.4 Å². The highest BCUT2D eigenvalue weighted by molar-refractivity contribution is 5.95. The van der Waals surface area contributed by atoms with Crippen molar-refractivity contribution < 1.29 is 13.9 Å². The first-order chi connectivity index (χ1) is 12.0. The van der Waals surface area contributed by atoms with Gasteiger partial charge in [0.05, 0.1) is 31.0 Å². The molecule has 0 aromatic carbocycles. The lowest BCUT2D eigenvalue weighted by atomic mass is 10.1. The van der Waals surface area contributed by atoms with E-state index in [2.05, 4.69) is 20.2 Å². The molecule has 0 spiro atoms. The molecule has 1 N–H and O–H groups in total. The molecule has 0 radical (unpaired) electrons. The van der Waals surface area contributed by atoms with E-state index in [9.17, 15) is 4.79 Å². The molecule has 25 heavy (non-hydrogen) atoms. The molecule has 134 valence electrons. The first-order valence-electron chi connectivity index (χ1n) is 8.56. The number of carbonyl (C=O) groups is 1. The smallest absolute Gasteiger partial charge is 0.255 e. The number of aryl methyl sites for hydroxylation is 1. The SMILES string of the molecule is Cc1oc(C(C)C)cc1C(=O)NCc1cc(N2CCOCC2)ncn1. The molecule has 1 saturated heterocycles. The summed E-state index contributed by atoms with van der Waals surface area (Å²) in [5.74, 6) is 2.42. The summed E-state index contributed by atoms with van der Waals surface area (Å²) in [6, 6.07) is 3.72. The molecule has 2 aromatic heterocycles. The van der Waals surface area contributed by atoms with Crippen molar-refractivity contribution in [3.05, 3.63) is 41.2 Å². The van der Waals surface area contributed by atoms with Gasteiger partial charge in [-0.15, -0.1) is 0 Å². The Morgan fingerprint density at radius 2 is 2.04 bits per heavy atom. The highest BCUT2D eigenvalue weighted by Gasteiger charge is 2.17. The van der Waals surface area contributed by atoms with Crippen LogP contribution in [-0.2, 0) is 11.3 Å². The maximum Gasteiger partial charge on any atom is 0.255 e. The topological polar surface area (TPSA) is 80.5 Å². The highest BCUT2D eigenvalue weighted by Crippen LogP contribution is 2.21. The van der Waals surface area contributed by atoms with Crippen LogP contribution in [0.2, 0.25) is 0 Å². The van der Waals surface area contributed by atoms with Crippen LogP contribution in [0.25, 0.3) is 0 Å². The summed E-state index contributed by atoms with van der Waals surface area (Å²) < 4.78 is 11.0. The second-order valence-corrected chi connectivity index (χ2v) is 6.42. The fourth-order valence-electron chi connectivity index (χ4n) is 2.73. The molecule has 3 rings (SSSR count). The second kappa shape index (κ2) is 7.65. The van der Waals surface area contributed by atoms with Gasteiger partial charge in [0, 0.05) is 25.1 Å². The molecule has 3 heterocycles. The highest BCUT2D eigenvalue weighted by atomic mass is 16.5. The molecule has 1 aliphatic rings. The summed E-state index contributed by atoms with van der Waals surface area (Å²) in [5, 5.41) is 2.91. The Hall–Kier alpha value is -2.41. The van der Waals surface area contributed by atoms with Crippen LogP contribution in [0, 0.1) is 6.92 Å². The molecular formula is C18H24N4O3. The van der Waals surface area contributed by atoms with Crippen LogP contribution in [0.3, 0.4) is 0 Å². The van der Waals surface area contributed by atoms with Crippen LogP contribution in [0.4, 0.5) is 5.82 Å². The quantitative estimate of drug-likeness (QED) is 0.896. The Balaban J connectivity index is 1.64. The van der Waals surface area contributed by atoms with E-state index in [1.54, 1.807) is 0 Å². The lowest BCUT2D eigenvalue weighted by Gasteiger charge is -2.27. The maximum absolute atomic E-state index is 12.4. The minimum absolute atomic E-state index is 0.153. The lowest BCUT2D eigenvalue weighted by Crippen LogP contribution is -2.37. The number of nitrogens with zero attached hydrogens (tertiary/aromatic N) is 3. The van der Waals surface area contributed by atoms with E-state index in [0.29, 0.717) is 31.1 Å². The van der Waals surface area contributed by atoms with Gasteiger partial charge >= 0.3 is 0 Å². The van der Waals surface area contributed by atoms with Gasteiger partial charge in [0.25, 0.3) is 5.91 Å². The fraction of sp³-hybridized carbons (Fsp3) is 0.500. The lowest BCUT2D eigenvalue weighted by molar-refractivity contribution is 0.0949. The van der Waals surface area contributed by atoms with Gasteiger partial charge in [-0.05, 0) is 13.0 Å².